The summed E-state index contributed by atoms with van der Waals surface area (Å²) in [6.07, 6.45) is 12.4. The predicted octanol–water partition coefficient (Wildman–Crippen LogP) is 2.74. The molecule has 0 bridgehead atoms. The van der Waals surface area contributed by atoms with Gasteiger partial charge in [0.1, 0.15) is 30.2 Å². The van der Waals surface area contributed by atoms with Crippen LogP contribution in [0, 0.1) is 5.92 Å². The molecule has 0 radical (unpaired) electrons. The summed E-state index contributed by atoms with van der Waals surface area (Å²) in [5.74, 6) is -4.91. The maximum absolute atomic E-state index is 13.2. The number of hydrogen-bond donors (Lipinski definition) is 9. The van der Waals surface area contributed by atoms with Gasteiger partial charge in [0.15, 0.2) is 0 Å². The highest BCUT2D eigenvalue weighted by Gasteiger charge is 2.32. The smallest absolute Gasteiger partial charge is 0.326 e. The Hall–Kier alpha value is -4.71. The first-order valence-corrected chi connectivity index (χ1v) is 23.4. The quantitative estimate of drug-likeness (QED) is 0.0447. The summed E-state index contributed by atoms with van der Waals surface area (Å²) in [6.45, 7) is 5.16. The highest BCUT2D eigenvalue weighted by molar-refractivity contribution is 7.98. The Morgan fingerprint density at radius 3 is 1.53 bits per heavy atom. The zero-order chi connectivity index (χ0) is 46.5. The average Bonchev–Trinajstić information content (AvgIpc) is 3.20. The zero-order valence-electron chi connectivity index (χ0n) is 37.1. The van der Waals surface area contributed by atoms with Crippen LogP contribution >= 0.6 is 11.8 Å². The SMILES string of the molecule is CSCC[C@H](NC(=O)[C@H](CC(C)C)NC(=O)[C@@H](NC(=O)CCCCCCCCCCCCCCC(=O)N[C@@H](CC(N)=O)C(=O)N[C@@H](Cc1ccccc1)C(=O)O)[C@@H](C)O)C(N)=O. The lowest BCUT2D eigenvalue weighted by Crippen LogP contribution is -2.58. The zero-order valence-corrected chi connectivity index (χ0v) is 37.9. The molecular formula is C44H73N7O10S. The minimum atomic E-state index is -1.27. The molecule has 0 saturated carbocycles. The van der Waals surface area contributed by atoms with E-state index in [0.717, 1.165) is 64.2 Å². The van der Waals surface area contributed by atoms with Gasteiger partial charge in [-0.15, -0.1) is 0 Å². The second-order valence-corrected chi connectivity index (χ2v) is 17.3. The Morgan fingerprint density at radius 1 is 0.613 bits per heavy atom. The van der Waals surface area contributed by atoms with Crippen molar-refractivity contribution in [1.82, 2.24) is 26.6 Å². The lowest BCUT2D eigenvalue weighted by atomic mass is 10.0. The summed E-state index contributed by atoms with van der Waals surface area (Å²) in [4.78, 5) is 99.7. The molecule has 350 valence electrons. The third kappa shape index (κ3) is 25.3. The van der Waals surface area contributed by atoms with Crippen molar-refractivity contribution in [2.75, 3.05) is 12.0 Å². The number of carbonyl (C=O) groups excluding carboxylic acids is 7. The van der Waals surface area contributed by atoms with Crippen molar-refractivity contribution in [2.45, 2.75) is 173 Å². The number of nitrogens with one attached hydrogen (secondary N) is 5. The molecule has 1 rings (SSSR count). The maximum atomic E-state index is 13.2. The van der Waals surface area contributed by atoms with Crippen LogP contribution < -0.4 is 38.1 Å². The van der Waals surface area contributed by atoms with E-state index in [-0.39, 0.29) is 37.5 Å². The number of hydrogen-bond acceptors (Lipinski definition) is 10. The fourth-order valence-corrected chi connectivity index (χ4v) is 7.22. The third-order valence-electron chi connectivity index (χ3n) is 10.2. The molecule has 62 heavy (non-hydrogen) atoms. The van der Waals surface area contributed by atoms with Gasteiger partial charge >= 0.3 is 5.97 Å². The maximum Gasteiger partial charge on any atom is 0.326 e. The fourth-order valence-electron chi connectivity index (χ4n) is 6.75. The fraction of sp³-hybridized carbons (Fsp3) is 0.682. The van der Waals surface area contributed by atoms with Crippen LogP contribution in [0.2, 0.25) is 0 Å². The van der Waals surface area contributed by atoms with Gasteiger partial charge in [0, 0.05) is 19.3 Å². The Morgan fingerprint density at radius 2 is 1.08 bits per heavy atom. The Kier molecular flexibility index (Phi) is 28.6. The van der Waals surface area contributed by atoms with E-state index in [1.165, 1.54) is 18.7 Å². The molecule has 1 aromatic rings. The number of aliphatic carboxylic acids is 1. The average molecular weight is 892 g/mol. The van der Waals surface area contributed by atoms with E-state index in [2.05, 4.69) is 26.6 Å². The molecule has 0 aromatic heterocycles. The molecule has 17 nitrogen and oxygen atoms in total. The molecule has 7 amide bonds. The molecule has 0 aliphatic carbocycles. The second-order valence-electron chi connectivity index (χ2n) is 16.3. The number of rotatable bonds is 35. The van der Waals surface area contributed by atoms with E-state index in [1.807, 2.05) is 20.1 Å². The number of primary amides is 2. The number of amides is 7. The first-order chi connectivity index (χ1) is 29.4. The monoisotopic (exact) mass is 892 g/mol. The number of carboxylic acids is 1. The van der Waals surface area contributed by atoms with Gasteiger partial charge in [-0.1, -0.05) is 108 Å². The topological polar surface area (TPSA) is 289 Å². The Labute approximate surface area is 371 Å². The number of nitrogens with two attached hydrogens (primary N) is 2. The number of thioether (sulfide) groups is 1. The van der Waals surface area contributed by atoms with Crippen molar-refractivity contribution in [2.24, 2.45) is 17.4 Å². The van der Waals surface area contributed by atoms with E-state index in [4.69, 9.17) is 11.5 Å². The molecule has 0 fully saturated rings. The van der Waals surface area contributed by atoms with Gasteiger partial charge in [-0.25, -0.2) is 4.79 Å². The number of unbranched alkanes of at least 4 members (excludes halogenated alkanes) is 11. The van der Waals surface area contributed by atoms with Crippen LogP contribution in [-0.2, 0) is 44.8 Å². The number of carbonyl (C=O) groups is 8. The van der Waals surface area contributed by atoms with Gasteiger partial charge in [-0.05, 0) is 56.1 Å². The largest absolute Gasteiger partial charge is 0.480 e. The van der Waals surface area contributed by atoms with Gasteiger partial charge < -0.3 is 48.3 Å². The van der Waals surface area contributed by atoms with E-state index >= 15 is 0 Å². The summed E-state index contributed by atoms with van der Waals surface area (Å²) in [7, 11) is 0. The van der Waals surface area contributed by atoms with Gasteiger partial charge in [0.05, 0.1) is 12.5 Å². The van der Waals surface area contributed by atoms with Crippen molar-refractivity contribution in [3.05, 3.63) is 35.9 Å². The molecular weight excluding hydrogens is 819 g/mol. The highest BCUT2D eigenvalue weighted by atomic mass is 32.2. The number of carboxylic acid groups (broad SMARTS) is 1. The van der Waals surface area contributed by atoms with E-state index in [1.54, 1.807) is 30.3 Å². The van der Waals surface area contributed by atoms with Crippen molar-refractivity contribution in [3.8, 4) is 0 Å². The number of aliphatic hydroxyl groups excluding tert-OH is 1. The first-order valence-electron chi connectivity index (χ1n) is 22.0. The summed E-state index contributed by atoms with van der Waals surface area (Å²) < 4.78 is 0. The number of aliphatic hydroxyl groups is 1. The molecule has 1 aromatic carbocycles. The van der Waals surface area contributed by atoms with Crippen molar-refractivity contribution < 1.29 is 48.6 Å². The molecule has 0 spiro atoms. The van der Waals surface area contributed by atoms with Crippen LogP contribution in [-0.4, -0.2) is 106 Å². The lowest BCUT2D eigenvalue weighted by Gasteiger charge is -2.26. The molecule has 18 heteroatoms. The van der Waals surface area contributed by atoms with Gasteiger partial charge in [-0.2, -0.15) is 11.8 Å². The lowest BCUT2D eigenvalue weighted by molar-refractivity contribution is -0.142. The Balaban J connectivity index is 2.30. The minimum Gasteiger partial charge on any atom is -0.480 e. The minimum absolute atomic E-state index is 0.0207. The van der Waals surface area contributed by atoms with Gasteiger partial charge in [-0.3, -0.25) is 33.6 Å². The summed E-state index contributed by atoms with van der Waals surface area (Å²) in [5, 5.41) is 32.8. The van der Waals surface area contributed by atoms with E-state index in [9.17, 15) is 48.6 Å². The molecule has 0 saturated heterocycles. The summed E-state index contributed by atoms with van der Waals surface area (Å²) in [5.41, 5.74) is 11.5. The van der Waals surface area contributed by atoms with Crippen molar-refractivity contribution >= 4 is 59.1 Å². The highest BCUT2D eigenvalue weighted by Crippen LogP contribution is 2.14. The summed E-state index contributed by atoms with van der Waals surface area (Å²) in [6, 6.07) is 3.13. The molecule has 0 aliphatic rings. The van der Waals surface area contributed by atoms with Crippen molar-refractivity contribution in [3.63, 3.8) is 0 Å². The van der Waals surface area contributed by atoms with Crippen LogP contribution in [0.4, 0.5) is 0 Å². The standard InChI is InChI=1S/C44H73N7O10S/c1-29(2)26-33(41(57)48-32(40(46)56)24-25-62-4)49-43(59)39(30(3)52)51-38(55)23-19-14-12-10-8-6-5-7-9-11-13-18-22-37(54)47-34(28-36(45)53)42(58)50-35(44(60)61)27-31-20-16-15-17-21-31/h15-17,20-21,29-30,32-35,39,52H,5-14,18-19,22-28H2,1-4H3,(H2,45,53)(H2,46,56)(H,47,54)(H,48,57)(H,49,59)(H,50,58)(H,51,55)(H,60,61)/t30-,32+,33+,34+,35+,39+/m1/s1. The molecule has 6 atom stereocenters. The van der Waals surface area contributed by atoms with Crippen LogP contribution in [0.25, 0.3) is 0 Å². The first kappa shape index (κ1) is 55.3. The molecule has 0 unspecified atom stereocenters. The van der Waals surface area contributed by atoms with Gasteiger partial charge in [0.2, 0.25) is 41.4 Å². The summed E-state index contributed by atoms with van der Waals surface area (Å²) >= 11 is 1.51. The van der Waals surface area contributed by atoms with Crippen LogP contribution in [0.5, 0.6) is 0 Å². The molecule has 0 heterocycles. The predicted molar refractivity (Wildman–Crippen MR) is 239 cm³/mol. The van der Waals surface area contributed by atoms with Crippen LogP contribution in [0.15, 0.2) is 30.3 Å². The third-order valence-corrected chi connectivity index (χ3v) is 10.8. The Bertz CT molecular complexity index is 1550. The molecule has 0 aliphatic heterocycles. The van der Waals surface area contributed by atoms with Crippen LogP contribution in [0.3, 0.4) is 0 Å². The molecule has 11 N–H and O–H groups in total. The normalized spacial score (nSPS) is 14.0. The van der Waals surface area contributed by atoms with Crippen molar-refractivity contribution in [1.29, 1.82) is 0 Å². The van der Waals surface area contributed by atoms with Gasteiger partial charge in [0.25, 0.3) is 0 Å². The van der Waals surface area contributed by atoms with Crippen LogP contribution in [0.1, 0.15) is 135 Å². The second kappa shape index (κ2) is 32.0. The van der Waals surface area contributed by atoms with E-state index < -0.39 is 84.1 Å². The van der Waals surface area contributed by atoms with E-state index in [0.29, 0.717) is 30.6 Å². The number of benzene rings is 1.